The zero-order valence-corrected chi connectivity index (χ0v) is 8.22. The molecule has 0 saturated heterocycles. The van der Waals surface area contributed by atoms with Crippen LogP contribution in [0, 0.1) is 0 Å². The van der Waals surface area contributed by atoms with Crippen molar-refractivity contribution in [2.75, 3.05) is 19.1 Å². The summed E-state index contributed by atoms with van der Waals surface area (Å²) in [5.41, 5.74) is 6.43. The van der Waals surface area contributed by atoms with Crippen LogP contribution in [0.4, 0.5) is 5.69 Å². The lowest BCUT2D eigenvalue weighted by Gasteiger charge is -2.05. The Morgan fingerprint density at radius 3 is 2.92 bits per heavy atom. The van der Waals surface area contributed by atoms with Crippen LogP contribution in [-0.2, 0) is 4.74 Å². The zero-order chi connectivity index (χ0) is 9.84. The first-order valence-electron chi connectivity index (χ1n) is 3.57. The molecule has 0 bridgehead atoms. The van der Waals surface area contributed by atoms with E-state index in [0.29, 0.717) is 16.3 Å². The van der Waals surface area contributed by atoms with Gasteiger partial charge in [-0.3, -0.25) is 0 Å². The number of carbonyl (C=O) groups excluding carboxylic acids is 1. The smallest absolute Gasteiger partial charge is 0.340 e. The molecule has 0 atom stereocenters. The number of nitrogen functional groups attached to an aromatic ring is 1. The predicted molar refractivity (Wildman–Crippen MR) is 51.8 cm³/mol. The SMILES string of the molecule is COC(=O)c1ccnc(SC)c1N. The highest BCUT2D eigenvalue weighted by atomic mass is 32.2. The van der Waals surface area contributed by atoms with E-state index < -0.39 is 5.97 Å². The van der Waals surface area contributed by atoms with Crippen LogP contribution in [0.3, 0.4) is 0 Å². The molecular weight excluding hydrogens is 188 g/mol. The van der Waals surface area contributed by atoms with E-state index in [1.165, 1.54) is 25.1 Å². The normalized spacial score (nSPS) is 9.69. The topological polar surface area (TPSA) is 65.2 Å². The van der Waals surface area contributed by atoms with Crippen LogP contribution in [0.25, 0.3) is 0 Å². The van der Waals surface area contributed by atoms with Crippen LogP contribution in [-0.4, -0.2) is 24.3 Å². The Hall–Kier alpha value is -1.23. The van der Waals surface area contributed by atoms with Crippen LogP contribution >= 0.6 is 11.8 Å². The molecular formula is C8H10N2O2S. The first-order valence-corrected chi connectivity index (χ1v) is 4.80. The van der Waals surface area contributed by atoms with E-state index in [9.17, 15) is 4.79 Å². The van der Waals surface area contributed by atoms with E-state index in [-0.39, 0.29) is 0 Å². The molecule has 0 spiro atoms. The molecule has 13 heavy (non-hydrogen) atoms. The van der Waals surface area contributed by atoms with Gasteiger partial charge in [0.2, 0.25) is 0 Å². The fourth-order valence-electron chi connectivity index (χ4n) is 0.905. The minimum absolute atomic E-state index is 0.363. The molecule has 1 aromatic rings. The lowest BCUT2D eigenvalue weighted by atomic mass is 10.2. The number of esters is 1. The largest absolute Gasteiger partial charge is 0.465 e. The first kappa shape index (κ1) is 9.85. The number of carbonyl (C=O) groups is 1. The molecule has 70 valence electrons. The van der Waals surface area contributed by atoms with Gasteiger partial charge in [0.25, 0.3) is 0 Å². The van der Waals surface area contributed by atoms with Crippen molar-refractivity contribution >= 4 is 23.4 Å². The van der Waals surface area contributed by atoms with E-state index in [0.717, 1.165) is 0 Å². The van der Waals surface area contributed by atoms with Gasteiger partial charge < -0.3 is 10.5 Å². The molecule has 2 N–H and O–H groups in total. The molecule has 0 aliphatic rings. The highest BCUT2D eigenvalue weighted by Gasteiger charge is 2.12. The minimum Gasteiger partial charge on any atom is -0.465 e. The standard InChI is InChI=1S/C8H10N2O2S/c1-12-8(11)5-3-4-10-7(13-2)6(5)9/h3-4H,9H2,1-2H3. The maximum absolute atomic E-state index is 11.2. The predicted octanol–water partition coefficient (Wildman–Crippen LogP) is 1.17. The van der Waals surface area contributed by atoms with Crippen LogP contribution in [0.1, 0.15) is 10.4 Å². The van der Waals surface area contributed by atoms with Crippen LogP contribution in [0.5, 0.6) is 0 Å². The van der Waals surface area contributed by atoms with Gasteiger partial charge in [-0.05, 0) is 12.3 Å². The highest BCUT2D eigenvalue weighted by molar-refractivity contribution is 7.98. The Morgan fingerprint density at radius 2 is 2.38 bits per heavy atom. The molecule has 1 heterocycles. The molecule has 4 nitrogen and oxygen atoms in total. The van der Waals surface area contributed by atoms with Gasteiger partial charge in [0.15, 0.2) is 0 Å². The maximum atomic E-state index is 11.2. The third-order valence-electron chi connectivity index (χ3n) is 1.55. The molecule has 0 aliphatic carbocycles. The summed E-state index contributed by atoms with van der Waals surface area (Å²) >= 11 is 1.39. The second-order valence-electron chi connectivity index (χ2n) is 2.27. The van der Waals surface area contributed by atoms with Gasteiger partial charge in [-0.15, -0.1) is 11.8 Å². The molecule has 0 saturated carbocycles. The molecule has 0 amide bonds. The molecule has 0 aliphatic heterocycles. The van der Waals surface area contributed by atoms with Gasteiger partial charge in [0.1, 0.15) is 5.03 Å². The van der Waals surface area contributed by atoms with E-state index in [1.54, 1.807) is 6.07 Å². The average Bonchev–Trinajstić information content (AvgIpc) is 2.17. The van der Waals surface area contributed by atoms with Gasteiger partial charge in [0, 0.05) is 6.20 Å². The molecule has 0 aromatic carbocycles. The van der Waals surface area contributed by atoms with E-state index >= 15 is 0 Å². The summed E-state index contributed by atoms with van der Waals surface area (Å²) in [6.07, 6.45) is 3.38. The molecule has 1 rings (SSSR count). The van der Waals surface area contributed by atoms with Crippen molar-refractivity contribution in [2.24, 2.45) is 0 Å². The number of pyridine rings is 1. The summed E-state index contributed by atoms with van der Waals surface area (Å²) in [7, 11) is 1.32. The molecule has 1 aromatic heterocycles. The van der Waals surface area contributed by atoms with Crippen LogP contribution in [0.2, 0.25) is 0 Å². The number of aromatic nitrogens is 1. The number of nitrogens with zero attached hydrogens (tertiary/aromatic N) is 1. The maximum Gasteiger partial charge on any atom is 0.340 e. The van der Waals surface area contributed by atoms with E-state index in [2.05, 4.69) is 9.72 Å². The Labute approximate surface area is 80.5 Å². The third-order valence-corrected chi connectivity index (χ3v) is 2.26. The minimum atomic E-state index is -0.435. The molecule has 0 fully saturated rings. The monoisotopic (exact) mass is 198 g/mol. The highest BCUT2D eigenvalue weighted by Crippen LogP contribution is 2.23. The van der Waals surface area contributed by atoms with Crippen molar-refractivity contribution in [2.45, 2.75) is 5.03 Å². The molecule has 0 unspecified atom stereocenters. The van der Waals surface area contributed by atoms with Gasteiger partial charge in [-0.1, -0.05) is 0 Å². The number of ether oxygens (including phenoxy) is 1. The van der Waals surface area contributed by atoms with E-state index in [1.807, 2.05) is 6.26 Å². The van der Waals surface area contributed by atoms with Gasteiger partial charge in [-0.2, -0.15) is 0 Å². The second-order valence-corrected chi connectivity index (χ2v) is 3.07. The van der Waals surface area contributed by atoms with Gasteiger partial charge in [-0.25, -0.2) is 9.78 Å². The van der Waals surface area contributed by atoms with Crippen molar-refractivity contribution < 1.29 is 9.53 Å². The summed E-state index contributed by atoms with van der Waals surface area (Å²) in [6, 6.07) is 1.54. The average molecular weight is 198 g/mol. The van der Waals surface area contributed by atoms with Gasteiger partial charge >= 0.3 is 5.97 Å². The molecule has 0 radical (unpaired) electrons. The second kappa shape index (κ2) is 4.13. The van der Waals surface area contributed by atoms with Crippen LogP contribution in [0.15, 0.2) is 17.3 Å². The van der Waals surface area contributed by atoms with Crippen molar-refractivity contribution in [3.63, 3.8) is 0 Å². The Morgan fingerprint density at radius 1 is 1.69 bits per heavy atom. The fourth-order valence-corrected chi connectivity index (χ4v) is 1.40. The number of nitrogens with two attached hydrogens (primary N) is 1. The quantitative estimate of drug-likeness (QED) is 0.571. The van der Waals surface area contributed by atoms with Crippen molar-refractivity contribution in [1.29, 1.82) is 0 Å². The van der Waals surface area contributed by atoms with Crippen molar-refractivity contribution in [1.82, 2.24) is 4.98 Å². The first-order chi connectivity index (χ1) is 6.20. The Bertz CT molecular complexity index is 328. The summed E-state index contributed by atoms with van der Waals surface area (Å²) < 4.78 is 4.56. The number of anilines is 1. The fraction of sp³-hybridized carbons (Fsp3) is 0.250. The van der Waals surface area contributed by atoms with Gasteiger partial charge in [0.05, 0.1) is 18.4 Å². The van der Waals surface area contributed by atoms with E-state index in [4.69, 9.17) is 5.73 Å². The Kier molecular flexibility index (Phi) is 3.13. The molecule has 5 heteroatoms. The summed E-state index contributed by atoms with van der Waals surface area (Å²) in [6.45, 7) is 0. The zero-order valence-electron chi connectivity index (χ0n) is 7.40. The Balaban J connectivity index is 3.15. The van der Waals surface area contributed by atoms with Crippen LogP contribution < -0.4 is 5.73 Å². The summed E-state index contributed by atoms with van der Waals surface area (Å²) in [5.74, 6) is -0.435. The number of thioether (sulfide) groups is 1. The lowest BCUT2D eigenvalue weighted by molar-refractivity contribution is 0.0601. The number of methoxy groups -OCH3 is 1. The number of hydrogen-bond acceptors (Lipinski definition) is 5. The number of rotatable bonds is 2. The third kappa shape index (κ3) is 1.92. The summed E-state index contributed by atoms with van der Waals surface area (Å²) in [4.78, 5) is 15.2. The number of hydrogen-bond donors (Lipinski definition) is 1. The summed E-state index contributed by atoms with van der Waals surface area (Å²) in [5, 5.41) is 0.642. The van der Waals surface area contributed by atoms with Crippen molar-refractivity contribution in [3.05, 3.63) is 17.8 Å². The lowest BCUT2D eigenvalue weighted by Crippen LogP contribution is -2.07. The van der Waals surface area contributed by atoms with Crippen molar-refractivity contribution in [3.8, 4) is 0 Å².